The highest BCUT2D eigenvalue weighted by molar-refractivity contribution is 9.10. The van der Waals surface area contributed by atoms with Gasteiger partial charge in [-0.2, -0.15) is 5.26 Å². The summed E-state index contributed by atoms with van der Waals surface area (Å²) in [6.45, 7) is 0. The quantitative estimate of drug-likeness (QED) is 0.931. The molecule has 1 rings (SSSR count). The van der Waals surface area contributed by atoms with Crippen LogP contribution in [-0.2, 0) is 0 Å². The monoisotopic (exact) mass is 290 g/mol. The van der Waals surface area contributed by atoms with E-state index in [-0.39, 0.29) is 18.4 Å². The predicted molar refractivity (Wildman–Crippen MR) is 65.1 cm³/mol. The second-order valence-electron chi connectivity index (χ2n) is 2.86. The van der Waals surface area contributed by atoms with Gasteiger partial charge in [-0.15, -0.1) is 12.4 Å². The highest BCUT2D eigenvalue weighted by Gasteiger charge is 2.10. The first-order valence-electron chi connectivity index (χ1n) is 4.15. The molecular formula is C10H12BrClN2O. The number of halogens is 2. The summed E-state index contributed by atoms with van der Waals surface area (Å²) in [6.07, 6.45) is 0.297. The molecule has 0 aliphatic carbocycles. The summed E-state index contributed by atoms with van der Waals surface area (Å²) in [7, 11) is 1.60. The lowest BCUT2D eigenvalue weighted by Crippen LogP contribution is -2.10. The van der Waals surface area contributed by atoms with Crippen molar-refractivity contribution in [2.24, 2.45) is 5.73 Å². The fourth-order valence-corrected chi connectivity index (χ4v) is 1.68. The number of nitrogens with two attached hydrogens (primary N) is 1. The number of nitriles is 1. The van der Waals surface area contributed by atoms with Crippen LogP contribution in [0.3, 0.4) is 0 Å². The number of methoxy groups -OCH3 is 1. The first kappa shape index (κ1) is 14.2. The van der Waals surface area contributed by atoms with Crippen molar-refractivity contribution in [3.05, 3.63) is 28.2 Å². The van der Waals surface area contributed by atoms with Gasteiger partial charge in [0.1, 0.15) is 5.75 Å². The van der Waals surface area contributed by atoms with E-state index in [1.54, 1.807) is 7.11 Å². The van der Waals surface area contributed by atoms with Crippen molar-refractivity contribution >= 4 is 28.3 Å². The third-order valence-corrected chi connectivity index (χ3v) is 2.64. The number of rotatable bonds is 3. The molecule has 2 N–H and O–H groups in total. The predicted octanol–water partition coefficient (Wildman–Crippen LogP) is 2.79. The second kappa shape index (κ2) is 6.67. The Labute approximate surface area is 104 Å². The number of hydrogen-bond acceptors (Lipinski definition) is 3. The van der Waals surface area contributed by atoms with E-state index in [2.05, 4.69) is 15.9 Å². The molecule has 0 aliphatic heterocycles. The topological polar surface area (TPSA) is 59.0 Å². The van der Waals surface area contributed by atoms with E-state index in [1.807, 2.05) is 24.3 Å². The highest BCUT2D eigenvalue weighted by Crippen LogP contribution is 2.27. The van der Waals surface area contributed by atoms with E-state index in [9.17, 15) is 0 Å². The molecule has 0 fully saturated rings. The summed E-state index contributed by atoms with van der Waals surface area (Å²) in [5.74, 6) is 0.747. The molecule has 15 heavy (non-hydrogen) atoms. The Balaban J connectivity index is 0.00000196. The first-order valence-corrected chi connectivity index (χ1v) is 4.94. The summed E-state index contributed by atoms with van der Waals surface area (Å²) in [5, 5.41) is 8.54. The zero-order valence-electron chi connectivity index (χ0n) is 8.24. The molecule has 0 aromatic heterocycles. The van der Waals surface area contributed by atoms with Gasteiger partial charge in [-0.25, -0.2) is 0 Å². The van der Waals surface area contributed by atoms with Crippen LogP contribution in [-0.4, -0.2) is 7.11 Å². The number of nitrogens with zero attached hydrogens (tertiary/aromatic N) is 1. The van der Waals surface area contributed by atoms with Gasteiger partial charge in [0, 0.05) is 10.5 Å². The van der Waals surface area contributed by atoms with Crippen LogP contribution < -0.4 is 10.5 Å². The van der Waals surface area contributed by atoms with Crippen LogP contribution in [0.4, 0.5) is 0 Å². The third-order valence-electron chi connectivity index (χ3n) is 1.91. The lowest BCUT2D eigenvalue weighted by atomic mass is 10.1. The van der Waals surface area contributed by atoms with Crippen molar-refractivity contribution in [2.75, 3.05) is 7.11 Å². The van der Waals surface area contributed by atoms with Gasteiger partial charge in [-0.3, -0.25) is 0 Å². The smallest absolute Gasteiger partial charge is 0.119 e. The molecule has 82 valence electrons. The van der Waals surface area contributed by atoms with Gasteiger partial charge >= 0.3 is 0 Å². The van der Waals surface area contributed by atoms with E-state index < -0.39 is 0 Å². The number of ether oxygens (including phenoxy) is 1. The maximum Gasteiger partial charge on any atom is 0.119 e. The van der Waals surface area contributed by atoms with E-state index in [1.165, 1.54) is 0 Å². The fraction of sp³-hybridized carbons (Fsp3) is 0.300. The van der Waals surface area contributed by atoms with Crippen molar-refractivity contribution in [2.45, 2.75) is 12.5 Å². The maximum atomic E-state index is 8.54. The van der Waals surface area contributed by atoms with Crippen LogP contribution in [0, 0.1) is 11.3 Å². The standard InChI is InChI=1S/C10H11BrN2O.ClH/c1-14-7-2-3-9(11)8(6-7)10(13)4-5-12;/h2-3,6,10H,4,13H2,1H3;1H/t10-;/m0./s1. The van der Waals surface area contributed by atoms with E-state index in [0.717, 1.165) is 15.8 Å². The molecular weight excluding hydrogens is 279 g/mol. The molecule has 0 heterocycles. The zero-order chi connectivity index (χ0) is 10.6. The van der Waals surface area contributed by atoms with Gasteiger partial charge in [-0.05, 0) is 23.8 Å². The molecule has 0 spiro atoms. The Hall–Kier alpha value is -0.760. The molecule has 0 saturated heterocycles. The van der Waals surface area contributed by atoms with Gasteiger partial charge in [0.05, 0.1) is 19.6 Å². The Kier molecular flexibility index (Phi) is 6.34. The molecule has 5 heteroatoms. The third kappa shape index (κ3) is 3.71. The minimum Gasteiger partial charge on any atom is -0.497 e. The van der Waals surface area contributed by atoms with Gasteiger partial charge in [0.15, 0.2) is 0 Å². The summed E-state index contributed by atoms with van der Waals surface area (Å²) < 4.78 is 5.98. The Morgan fingerprint density at radius 3 is 2.80 bits per heavy atom. The van der Waals surface area contributed by atoms with E-state index in [4.69, 9.17) is 15.7 Å². The van der Waals surface area contributed by atoms with Crippen LogP contribution in [0.5, 0.6) is 5.75 Å². The first-order chi connectivity index (χ1) is 6.69. The van der Waals surface area contributed by atoms with Crippen molar-refractivity contribution < 1.29 is 4.74 Å². The largest absolute Gasteiger partial charge is 0.497 e. The second-order valence-corrected chi connectivity index (χ2v) is 3.71. The Bertz CT molecular complexity index is 365. The minimum absolute atomic E-state index is 0. The summed E-state index contributed by atoms with van der Waals surface area (Å²) in [6, 6.07) is 7.32. The Morgan fingerprint density at radius 1 is 1.60 bits per heavy atom. The minimum atomic E-state index is -0.274. The summed E-state index contributed by atoms with van der Waals surface area (Å²) in [5.41, 5.74) is 6.72. The van der Waals surface area contributed by atoms with Gasteiger partial charge in [-0.1, -0.05) is 15.9 Å². The highest BCUT2D eigenvalue weighted by atomic mass is 79.9. The Morgan fingerprint density at radius 2 is 2.27 bits per heavy atom. The molecule has 1 aromatic rings. The molecule has 0 unspecified atom stereocenters. The average molecular weight is 292 g/mol. The number of benzene rings is 1. The van der Waals surface area contributed by atoms with Crippen LogP contribution in [0.25, 0.3) is 0 Å². The summed E-state index contributed by atoms with van der Waals surface area (Å²) >= 11 is 3.39. The van der Waals surface area contributed by atoms with Crippen LogP contribution in [0.2, 0.25) is 0 Å². The molecule has 0 radical (unpaired) electrons. The lowest BCUT2D eigenvalue weighted by molar-refractivity contribution is 0.413. The van der Waals surface area contributed by atoms with E-state index >= 15 is 0 Å². The number of hydrogen-bond donors (Lipinski definition) is 1. The molecule has 3 nitrogen and oxygen atoms in total. The SMILES string of the molecule is COc1ccc(Br)c([C@@H](N)CC#N)c1.Cl. The molecule has 0 amide bonds. The van der Waals surface area contributed by atoms with Crippen molar-refractivity contribution in [3.63, 3.8) is 0 Å². The molecule has 1 aromatic carbocycles. The van der Waals surface area contributed by atoms with Crippen LogP contribution in [0.1, 0.15) is 18.0 Å². The van der Waals surface area contributed by atoms with Crippen molar-refractivity contribution in [3.8, 4) is 11.8 Å². The van der Waals surface area contributed by atoms with Crippen LogP contribution >= 0.6 is 28.3 Å². The van der Waals surface area contributed by atoms with Crippen molar-refractivity contribution in [1.29, 1.82) is 5.26 Å². The molecule has 0 saturated carbocycles. The fourth-order valence-electron chi connectivity index (χ4n) is 1.14. The van der Waals surface area contributed by atoms with E-state index in [0.29, 0.717) is 6.42 Å². The normalized spacial score (nSPS) is 11.1. The molecule has 0 bridgehead atoms. The van der Waals surface area contributed by atoms with Crippen molar-refractivity contribution in [1.82, 2.24) is 0 Å². The van der Waals surface area contributed by atoms with Gasteiger partial charge in [0.2, 0.25) is 0 Å². The average Bonchev–Trinajstić information content (AvgIpc) is 2.19. The summed E-state index contributed by atoms with van der Waals surface area (Å²) in [4.78, 5) is 0. The molecule has 1 atom stereocenters. The van der Waals surface area contributed by atoms with Gasteiger partial charge in [0.25, 0.3) is 0 Å². The zero-order valence-corrected chi connectivity index (χ0v) is 10.6. The van der Waals surface area contributed by atoms with Crippen LogP contribution in [0.15, 0.2) is 22.7 Å². The maximum absolute atomic E-state index is 8.54. The lowest BCUT2D eigenvalue weighted by Gasteiger charge is -2.11. The molecule has 0 aliphatic rings. The van der Waals surface area contributed by atoms with Gasteiger partial charge < -0.3 is 10.5 Å².